The summed E-state index contributed by atoms with van der Waals surface area (Å²) in [5.41, 5.74) is 3.53. The molecule has 0 saturated heterocycles. The van der Waals surface area contributed by atoms with Gasteiger partial charge in [0.05, 0.1) is 0 Å². The molecule has 104 valence electrons. The van der Waals surface area contributed by atoms with Crippen LogP contribution in [-0.2, 0) is 17.8 Å². The zero-order chi connectivity index (χ0) is 14.4. The van der Waals surface area contributed by atoms with Gasteiger partial charge >= 0.3 is 0 Å². The predicted octanol–water partition coefficient (Wildman–Crippen LogP) is 4.01. The first kappa shape index (κ1) is 14.8. The van der Waals surface area contributed by atoms with Crippen molar-refractivity contribution in [1.29, 1.82) is 0 Å². The summed E-state index contributed by atoms with van der Waals surface area (Å²) in [6.07, 6.45) is 1.28. The number of hydrogen-bond donors (Lipinski definition) is 1. The molecule has 1 amide bonds. The van der Waals surface area contributed by atoms with E-state index in [4.69, 9.17) is 0 Å². The Balaban J connectivity index is 1.77. The summed E-state index contributed by atoms with van der Waals surface area (Å²) in [5.74, 6) is 0.0885. The molecule has 0 fully saturated rings. The molecule has 2 aromatic carbocycles. The molecule has 2 rings (SSSR count). The number of carbonyl (C=O) groups excluding carboxylic acids is 1. The van der Waals surface area contributed by atoms with Crippen LogP contribution >= 0.6 is 15.9 Å². The Morgan fingerprint density at radius 1 is 1.10 bits per heavy atom. The molecule has 0 atom stereocenters. The maximum atomic E-state index is 11.8. The molecular formula is C17H18BrNO. The predicted molar refractivity (Wildman–Crippen MR) is 85.5 cm³/mol. The fourth-order valence-corrected chi connectivity index (χ4v) is 2.39. The van der Waals surface area contributed by atoms with Crippen molar-refractivity contribution in [3.63, 3.8) is 0 Å². The Morgan fingerprint density at radius 2 is 1.85 bits per heavy atom. The minimum absolute atomic E-state index is 0.0885. The summed E-state index contributed by atoms with van der Waals surface area (Å²) in [6, 6.07) is 16.3. The van der Waals surface area contributed by atoms with E-state index in [1.54, 1.807) is 0 Å². The Labute approximate surface area is 128 Å². The lowest BCUT2D eigenvalue weighted by atomic mass is 10.1. The number of nitrogens with one attached hydrogen (secondary N) is 1. The topological polar surface area (TPSA) is 29.1 Å². The summed E-state index contributed by atoms with van der Waals surface area (Å²) in [4.78, 5) is 11.8. The molecular weight excluding hydrogens is 314 g/mol. The van der Waals surface area contributed by atoms with Crippen molar-refractivity contribution >= 4 is 21.8 Å². The molecule has 0 unspecified atom stereocenters. The molecule has 0 aliphatic rings. The highest BCUT2D eigenvalue weighted by atomic mass is 79.9. The van der Waals surface area contributed by atoms with Crippen LogP contribution < -0.4 is 5.32 Å². The molecule has 0 radical (unpaired) electrons. The minimum Gasteiger partial charge on any atom is -0.352 e. The second-order valence-corrected chi connectivity index (χ2v) is 5.81. The van der Waals surface area contributed by atoms with Crippen molar-refractivity contribution in [3.05, 3.63) is 69.7 Å². The number of amides is 1. The molecule has 0 heterocycles. The summed E-state index contributed by atoms with van der Waals surface area (Å²) < 4.78 is 1.05. The Bertz CT molecular complexity index is 578. The average molecular weight is 332 g/mol. The van der Waals surface area contributed by atoms with E-state index in [1.165, 1.54) is 11.1 Å². The van der Waals surface area contributed by atoms with Crippen LogP contribution in [0.3, 0.4) is 0 Å². The van der Waals surface area contributed by atoms with Crippen LogP contribution in [0.5, 0.6) is 0 Å². The third-order valence-corrected chi connectivity index (χ3v) is 3.63. The van der Waals surface area contributed by atoms with Gasteiger partial charge in [-0.2, -0.15) is 0 Å². The van der Waals surface area contributed by atoms with Gasteiger partial charge < -0.3 is 5.32 Å². The van der Waals surface area contributed by atoms with Crippen molar-refractivity contribution in [3.8, 4) is 0 Å². The van der Waals surface area contributed by atoms with Crippen LogP contribution in [0.4, 0.5) is 0 Å². The van der Waals surface area contributed by atoms with Crippen LogP contribution in [0.2, 0.25) is 0 Å². The Morgan fingerprint density at radius 3 is 2.55 bits per heavy atom. The zero-order valence-corrected chi connectivity index (χ0v) is 13.1. The van der Waals surface area contributed by atoms with Crippen molar-refractivity contribution in [2.45, 2.75) is 26.3 Å². The van der Waals surface area contributed by atoms with Crippen molar-refractivity contribution < 1.29 is 4.79 Å². The van der Waals surface area contributed by atoms with Crippen LogP contribution in [0.25, 0.3) is 0 Å². The zero-order valence-electron chi connectivity index (χ0n) is 11.5. The van der Waals surface area contributed by atoms with Gasteiger partial charge in [0.2, 0.25) is 5.91 Å². The monoisotopic (exact) mass is 331 g/mol. The number of halogens is 1. The highest BCUT2D eigenvalue weighted by Gasteiger charge is 2.02. The molecule has 1 N–H and O–H groups in total. The molecule has 0 saturated carbocycles. The molecule has 3 heteroatoms. The number of benzene rings is 2. The lowest BCUT2D eigenvalue weighted by molar-refractivity contribution is -0.121. The van der Waals surface area contributed by atoms with Crippen LogP contribution in [0.1, 0.15) is 23.1 Å². The number of aryl methyl sites for hydroxylation is 2. The van der Waals surface area contributed by atoms with Gasteiger partial charge in [0.15, 0.2) is 0 Å². The first-order chi connectivity index (χ1) is 9.63. The van der Waals surface area contributed by atoms with Gasteiger partial charge in [0.1, 0.15) is 0 Å². The van der Waals surface area contributed by atoms with Gasteiger partial charge in [-0.15, -0.1) is 0 Å². The summed E-state index contributed by atoms with van der Waals surface area (Å²) in [5, 5.41) is 2.95. The van der Waals surface area contributed by atoms with E-state index in [1.807, 2.05) is 36.4 Å². The molecule has 0 aliphatic heterocycles. The van der Waals surface area contributed by atoms with Crippen LogP contribution in [-0.4, -0.2) is 5.91 Å². The number of carbonyl (C=O) groups is 1. The number of hydrogen-bond acceptors (Lipinski definition) is 1. The maximum absolute atomic E-state index is 11.8. The standard InChI is InChI=1S/C17H18BrNO/c1-13-5-7-15(8-6-13)12-19-17(20)10-9-14-3-2-4-16(18)11-14/h2-8,11H,9-10,12H2,1H3,(H,19,20). The summed E-state index contributed by atoms with van der Waals surface area (Å²) in [7, 11) is 0. The van der Waals surface area contributed by atoms with E-state index in [9.17, 15) is 4.79 Å². The summed E-state index contributed by atoms with van der Waals surface area (Å²) >= 11 is 3.44. The fraction of sp³-hybridized carbons (Fsp3) is 0.235. The van der Waals surface area contributed by atoms with Gasteiger partial charge in [0, 0.05) is 17.4 Å². The van der Waals surface area contributed by atoms with Gasteiger partial charge in [-0.05, 0) is 36.6 Å². The van der Waals surface area contributed by atoms with Crippen molar-refractivity contribution in [2.75, 3.05) is 0 Å². The first-order valence-electron chi connectivity index (χ1n) is 6.70. The van der Waals surface area contributed by atoms with E-state index in [-0.39, 0.29) is 5.91 Å². The normalized spacial score (nSPS) is 10.3. The molecule has 0 aromatic heterocycles. The molecule has 0 aliphatic carbocycles. The first-order valence-corrected chi connectivity index (χ1v) is 7.49. The van der Waals surface area contributed by atoms with Crippen LogP contribution in [0.15, 0.2) is 53.0 Å². The lowest BCUT2D eigenvalue weighted by Gasteiger charge is -2.06. The van der Waals surface area contributed by atoms with Gasteiger partial charge in [-0.3, -0.25) is 4.79 Å². The largest absolute Gasteiger partial charge is 0.352 e. The van der Waals surface area contributed by atoms with Gasteiger partial charge in [-0.1, -0.05) is 57.9 Å². The molecule has 0 bridgehead atoms. The van der Waals surface area contributed by atoms with Crippen molar-refractivity contribution in [2.24, 2.45) is 0 Å². The van der Waals surface area contributed by atoms with E-state index in [2.05, 4.69) is 40.3 Å². The second kappa shape index (κ2) is 7.25. The fourth-order valence-electron chi connectivity index (χ4n) is 1.95. The average Bonchev–Trinajstić information content (AvgIpc) is 2.45. The van der Waals surface area contributed by atoms with E-state index < -0.39 is 0 Å². The molecule has 0 spiro atoms. The second-order valence-electron chi connectivity index (χ2n) is 4.89. The smallest absolute Gasteiger partial charge is 0.220 e. The van der Waals surface area contributed by atoms with Gasteiger partial charge in [-0.25, -0.2) is 0 Å². The van der Waals surface area contributed by atoms with Crippen LogP contribution in [0, 0.1) is 6.92 Å². The summed E-state index contributed by atoms with van der Waals surface area (Å²) in [6.45, 7) is 2.65. The lowest BCUT2D eigenvalue weighted by Crippen LogP contribution is -2.22. The van der Waals surface area contributed by atoms with Gasteiger partial charge in [0.25, 0.3) is 0 Å². The Kier molecular flexibility index (Phi) is 5.36. The quantitative estimate of drug-likeness (QED) is 0.881. The van der Waals surface area contributed by atoms with Crippen molar-refractivity contribution in [1.82, 2.24) is 5.32 Å². The van der Waals surface area contributed by atoms with E-state index >= 15 is 0 Å². The third kappa shape index (κ3) is 4.82. The molecule has 2 aromatic rings. The van der Waals surface area contributed by atoms with E-state index in [0.717, 1.165) is 16.5 Å². The number of rotatable bonds is 5. The minimum atomic E-state index is 0.0885. The Hall–Kier alpha value is -1.61. The third-order valence-electron chi connectivity index (χ3n) is 3.14. The highest BCUT2D eigenvalue weighted by Crippen LogP contribution is 2.13. The maximum Gasteiger partial charge on any atom is 0.220 e. The van der Waals surface area contributed by atoms with E-state index in [0.29, 0.717) is 13.0 Å². The SMILES string of the molecule is Cc1ccc(CNC(=O)CCc2cccc(Br)c2)cc1. The molecule has 2 nitrogen and oxygen atoms in total. The highest BCUT2D eigenvalue weighted by molar-refractivity contribution is 9.10. The molecule has 20 heavy (non-hydrogen) atoms.